The molecule has 0 saturated heterocycles. The van der Waals surface area contributed by atoms with Gasteiger partial charge in [-0.25, -0.2) is 13.8 Å². The predicted molar refractivity (Wildman–Crippen MR) is 77.8 cm³/mol. The monoisotopic (exact) mass is 358 g/mol. The van der Waals surface area contributed by atoms with E-state index in [4.69, 9.17) is 0 Å². The number of nitro groups is 1. The third-order valence-corrected chi connectivity index (χ3v) is 3.03. The van der Waals surface area contributed by atoms with Gasteiger partial charge in [-0.2, -0.15) is 0 Å². The number of aromatic nitrogens is 1. The number of anilines is 3. The molecule has 0 aliphatic carbocycles. The van der Waals surface area contributed by atoms with E-state index in [1.807, 2.05) is 0 Å². The standard InChI is InChI=1S/C12H9BrF2N4O2/c1-16-10-3-2-9(19(20)21)12(17-10)18-11-7(14)4-6(13)5-8(11)15/h2-5H,1H3,(H2,16,17,18). The van der Waals surface area contributed by atoms with Gasteiger partial charge in [-0.15, -0.1) is 0 Å². The minimum Gasteiger partial charge on any atom is -0.373 e. The van der Waals surface area contributed by atoms with E-state index in [1.54, 1.807) is 7.05 Å². The van der Waals surface area contributed by atoms with E-state index in [0.29, 0.717) is 5.82 Å². The van der Waals surface area contributed by atoms with Gasteiger partial charge in [0, 0.05) is 17.6 Å². The Balaban J connectivity index is 2.50. The van der Waals surface area contributed by atoms with Gasteiger partial charge < -0.3 is 10.6 Å². The molecule has 0 amide bonds. The van der Waals surface area contributed by atoms with Gasteiger partial charge in [-0.05, 0) is 18.2 Å². The summed E-state index contributed by atoms with van der Waals surface area (Å²) in [7, 11) is 1.57. The molecule has 1 aromatic heterocycles. The Morgan fingerprint density at radius 1 is 1.29 bits per heavy atom. The smallest absolute Gasteiger partial charge is 0.311 e. The minimum atomic E-state index is -0.896. The van der Waals surface area contributed by atoms with Crippen molar-refractivity contribution in [2.75, 3.05) is 17.7 Å². The summed E-state index contributed by atoms with van der Waals surface area (Å²) in [6, 6.07) is 4.66. The molecule has 0 bridgehead atoms. The molecule has 2 aromatic rings. The van der Waals surface area contributed by atoms with Crippen LogP contribution in [0.25, 0.3) is 0 Å². The third kappa shape index (κ3) is 3.24. The average molecular weight is 359 g/mol. The van der Waals surface area contributed by atoms with Crippen LogP contribution >= 0.6 is 15.9 Å². The van der Waals surface area contributed by atoms with Gasteiger partial charge in [-0.1, -0.05) is 15.9 Å². The SMILES string of the molecule is CNc1ccc([N+](=O)[O-])c(Nc2c(F)cc(Br)cc2F)n1. The summed E-state index contributed by atoms with van der Waals surface area (Å²) >= 11 is 2.95. The summed E-state index contributed by atoms with van der Waals surface area (Å²) in [6.07, 6.45) is 0. The molecule has 0 aliphatic heterocycles. The second-order valence-electron chi connectivity index (χ2n) is 3.94. The van der Waals surface area contributed by atoms with Crippen LogP contribution in [0.2, 0.25) is 0 Å². The van der Waals surface area contributed by atoms with Gasteiger partial charge in [0.05, 0.1) is 4.92 Å². The molecule has 9 heteroatoms. The fraction of sp³-hybridized carbons (Fsp3) is 0.0833. The highest BCUT2D eigenvalue weighted by molar-refractivity contribution is 9.10. The highest BCUT2D eigenvalue weighted by Gasteiger charge is 2.19. The van der Waals surface area contributed by atoms with E-state index in [1.165, 1.54) is 12.1 Å². The quantitative estimate of drug-likeness (QED) is 0.641. The van der Waals surface area contributed by atoms with Crippen molar-refractivity contribution in [2.45, 2.75) is 0 Å². The van der Waals surface area contributed by atoms with Crippen LogP contribution in [0, 0.1) is 21.7 Å². The van der Waals surface area contributed by atoms with Crippen LogP contribution < -0.4 is 10.6 Å². The highest BCUT2D eigenvalue weighted by Crippen LogP contribution is 2.31. The lowest BCUT2D eigenvalue weighted by Gasteiger charge is -2.10. The number of nitrogens with zero attached hydrogens (tertiary/aromatic N) is 2. The number of benzene rings is 1. The molecule has 1 heterocycles. The summed E-state index contributed by atoms with van der Waals surface area (Å²) in [5, 5.41) is 16.0. The molecule has 0 fully saturated rings. The van der Waals surface area contributed by atoms with Gasteiger partial charge in [0.15, 0.2) is 11.6 Å². The number of hydrogen-bond acceptors (Lipinski definition) is 5. The maximum atomic E-state index is 13.8. The van der Waals surface area contributed by atoms with Gasteiger partial charge in [0.1, 0.15) is 11.5 Å². The van der Waals surface area contributed by atoms with Crippen LogP contribution in [0.3, 0.4) is 0 Å². The first kappa shape index (κ1) is 15.1. The van der Waals surface area contributed by atoms with Crippen molar-refractivity contribution in [3.8, 4) is 0 Å². The van der Waals surface area contributed by atoms with Crippen molar-refractivity contribution in [1.29, 1.82) is 0 Å². The van der Waals surface area contributed by atoms with Crippen LogP contribution in [0.4, 0.5) is 31.8 Å². The van der Waals surface area contributed by atoms with Crippen molar-refractivity contribution in [2.24, 2.45) is 0 Å². The van der Waals surface area contributed by atoms with Crippen molar-refractivity contribution in [3.63, 3.8) is 0 Å². The topological polar surface area (TPSA) is 80.1 Å². The lowest BCUT2D eigenvalue weighted by molar-refractivity contribution is -0.384. The van der Waals surface area contributed by atoms with E-state index in [9.17, 15) is 18.9 Å². The maximum absolute atomic E-state index is 13.8. The fourth-order valence-corrected chi connectivity index (χ4v) is 2.01. The van der Waals surface area contributed by atoms with Crippen molar-refractivity contribution >= 4 is 38.9 Å². The van der Waals surface area contributed by atoms with Gasteiger partial charge in [0.2, 0.25) is 5.82 Å². The molecule has 0 atom stereocenters. The molecule has 0 saturated carbocycles. The maximum Gasteiger partial charge on any atom is 0.311 e. The lowest BCUT2D eigenvalue weighted by Crippen LogP contribution is -2.05. The Bertz CT molecular complexity index is 689. The largest absolute Gasteiger partial charge is 0.373 e. The van der Waals surface area contributed by atoms with Crippen LogP contribution in [-0.2, 0) is 0 Å². The summed E-state index contributed by atoms with van der Waals surface area (Å²) in [6.45, 7) is 0. The number of nitrogens with one attached hydrogen (secondary N) is 2. The van der Waals surface area contributed by atoms with Crippen molar-refractivity contribution < 1.29 is 13.7 Å². The molecule has 110 valence electrons. The molecule has 0 unspecified atom stereocenters. The van der Waals surface area contributed by atoms with Crippen molar-refractivity contribution in [1.82, 2.24) is 4.98 Å². The zero-order valence-electron chi connectivity index (χ0n) is 10.7. The Kier molecular flexibility index (Phi) is 4.32. The molecule has 0 radical (unpaired) electrons. The summed E-state index contributed by atoms with van der Waals surface area (Å²) in [5.41, 5.74) is -0.905. The highest BCUT2D eigenvalue weighted by atomic mass is 79.9. The number of hydrogen-bond donors (Lipinski definition) is 2. The zero-order chi connectivity index (χ0) is 15.6. The third-order valence-electron chi connectivity index (χ3n) is 2.58. The number of rotatable bonds is 4. The summed E-state index contributed by atoms with van der Waals surface area (Å²) in [5.74, 6) is -1.73. The molecular weight excluding hydrogens is 350 g/mol. The summed E-state index contributed by atoms with van der Waals surface area (Å²) in [4.78, 5) is 14.2. The molecule has 21 heavy (non-hydrogen) atoms. The molecule has 2 N–H and O–H groups in total. The van der Waals surface area contributed by atoms with Crippen LogP contribution in [0.1, 0.15) is 0 Å². The van der Waals surface area contributed by atoms with E-state index in [-0.39, 0.29) is 10.3 Å². The second kappa shape index (κ2) is 6.00. The Morgan fingerprint density at radius 2 is 1.90 bits per heavy atom. The molecule has 1 aromatic carbocycles. The van der Waals surface area contributed by atoms with Gasteiger partial charge in [0.25, 0.3) is 0 Å². The number of halogens is 3. The van der Waals surface area contributed by atoms with Gasteiger partial charge >= 0.3 is 5.69 Å². The van der Waals surface area contributed by atoms with Crippen LogP contribution in [0.5, 0.6) is 0 Å². The second-order valence-corrected chi connectivity index (χ2v) is 4.86. The average Bonchev–Trinajstić information content (AvgIpc) is 2.42. The fourth-order valence-electron chi connectivity index (χ4n) is 1.61. The van der Waals surface area contributed by atoms with Crippen LogP contribution in [0.15, 0.2) is 28.7 Å². The Hall–Kier alpha value is -2.29. The zero-order valence-corrected chi connectivity index (χ0v) is 12.2. The molecular formula is C12H9BrF2N4O2. The molecule has 6 nitrogen and oxygen atoms in total. The normalized spacial score (nSPS) is 10.3. The van der Waals surface area contributed by atoms with Crippen molar-refractivity contribution in [3.05, 3.63) is 50.5 Å². The van der Waals surface area contributed by atoms with E-state index < -0.39 is 27.9 Å². The van der Waals surface area contributed by atoms with E-state index in [0.717, 1.165) is 12.1 Å². The minimum absolute atomic E-state index is 0.217. The first-order valence-corrected chi connectivity index (χ1v) is 6.46. The lowest BCUT2D eigenvalue weighted by atomic mass is 10.2. The van der Waals surface area contributed by atoms with Crippen LogP contribution in [-0.4, -0.2) is 17.0 Å². The molecule has 0 aliphatic rings. The predicted octanol–water partition coefficient (Wildman–Crippen LogP) is 3.82. The first-order valence-electron chi connectivity index (χ1n) is 5.67. The Morgan fingerprint density at radius 3 is 2.43 bits per heavy atom. The van der Waals surface area contributed by atoms with E-state index >= 15 is 0 Å². The number of pyridine rings is 1. The molecule has 2 rings (SSSR count). The summed E-state index contributed by atoms with van der Waals surface area (Å²) < 4.78 is 27.7. The van der Waals surface area contributed by atoms with E-state index in [2.05, 4.69) is 31.5 Å². The Labute approximate surface area is 126 Å². The first-order chi connectivity index (χ1) is 9.92. The van der Waals surface area contributed by atoms with Gasteiger partial charge in [-0.3, -0.25) is 10.1 Å². The molecule has 0 spiro atoms.